The van der Waals surface area contributed by atoms with Gasteiger partial charge in [-0.25, -0.2) is 9.78 Å². The van der Waals surface area contributed by atoms with Crippen molar-refractivity contribution in [2.75, 3.05) is 7.11 Å². The molecule has 1 aromatic carbocycles. The minimum atomic E-state index is -0.477. The van der Waals surface area contributed by atoms with Crippen molar-refractivity contribution in [3.8, 4) is 5.75 Å². The van der Waals surface area contributed by atoms with Crippen LogP contribution in [0.15, 0.2) is 57.7 Å². The van der Waals surface area contributed by atoms with Crippen molar-refractivity contribution in [1.82, 2.24) is 19.1 Å². The number of ether oxygens (including phenoxy) is 1. The van der Waals surface area contributed by atoms with Crippen molar-refractivity contribution in [1.29, 1.82) is 0 Å². The maximum absolute atomic E-state index is 12.9. The van der Waals surface area contributed by atoms with Crippen molar-refractivity contribution in [2.24, 2.45) is 7.05 Å². The summed E-state index contributed by atoms with van der Waals surface area (Å²) in [5, 5.41) is 0. The van der Waals surface area contributed by atoms with Gasteiger partial charge in [0.2, 0.25) is 0 Å². The number of nitrogens with zero attached hydrogens (tertiary/aromatic N) is 3. The number of benzene rings is 1. The van der Waals surface area contributed by atoms with Crippen molar-refractivity contribution in [3.63, 3.8) is 0 Å². The van der Waals surface area contributed by atoms with Gasteiger partial charge in [0.1, 0.15) is 11.6 Å². The third-order valence-electron chi connectivity index (χ3n) is 5.24. The molecule has 1 unspecified atom stereocenters. The van der Waals surface area contributed by atoms with E-state index in [-0.39, 0.29) is 11.5 Å². The number of rotatable bonds is 7. The van der Waals surface area contributed by atoms with E-state index in [1.165, 1.54) is 7.05 Å². The van der Waals surface area contributed by atoms with Gasteiger partial charge in [0.15, 0.2) is 11.2 Å². The molecule has 4 rings (SSSR count). The molecule has 2 aromatic heterocycles. The van der Waals surface area contributed by atoms with E-state index in [9.17, 15) is 9.59 Å². The normalized spacial score (nSPS) is 14.0. The maximum atomic E-state index is 12.9. The number of hydrogen-bond acceptors (Lipinski definition) is 4. The SMILES string of the molecule is C=C(CC(C)c1nc2[nH]c(=O)n(C)c(=O)c2n1Cc1cccc(OC)c1)C1=C[CH]1. The van der Waals surface area contributed by atoms with Gasteiger partial charge in [-0.2, -0.15) is 0 Å². The third-order valence-corrected chi connectivity index (χ3v) is 5.24. The summed E-state index contributed by atoms with van der Waals surface area (Å²) in [7, 11) is 3.08. The van der Waals surface area contributed by atoms with E-state index in [1.807, 2.05) is 41.3 Å². The topological polar surface area (TPSA) is 81.9 Å². The van der Waals surface area contributed by atoms with Gasteiger partial charge in [0, 0.05) is 25.9 Å². The van der Waals surface area contributed by atoms with Crippen LogP contribution in [-0.4, -0.2) is 26.2 Å². The number of aromatic nitrogens is 4. The Bertz CT molecular complexity index is 1260. The minimum Gasteiger partial charge on any atom is -0.497 e. The highest BCUT2D eigenvalue weighted by atomic mass is 16.5. The molecule has 0 saturated heterocycles. The molecule has 0 spiro atoms. The van der Waals surface area contributed by atoms with Gasteiger partial charge in [-0.1, -0.05) is 37.3 Å². The fourth-order valence-corrected chi connectivity index (χ4v) is 3.56. The Hall–Kier alpha value is -3.35. The van der Waals surface area contributed by atoms with Crippen molar-refractivity contribution in [2.45, 2.75) is 25.8 Å². The van der Waals surface area contributed by atoms with Gasteiger partial charge in [-0.3, -0.25) is 14.3 Å². The van der Waals surface area contributed by atoms with Crippen molar-refractivity contribution >= 4 is 11.2 Å². The second-order valence-corrected chi connectivity index (χ2v) is 7.40. The first-order valence-corrected chi connectivity index (χ1v) is 9.44. The standard InChI is InChI=1S/C22H23N4O3/c1-13(16-8-9-16)10-14(2)20-23-19-18(21(27)25(3)22(28)24-19)26(20)12-15-6-5-7-17(11-15)29-4/h5-9,11,14H,1,10,12H2,2-4H3,(H,24,28). The molecule has 149 valence electrons. The van der Waals surface area contributed by atoms with Crippen LogP contribution in [-0.2, 0) is 13.6 Å². The van der Waals surface area contributed by atoms with Crippen LogP contribution < -0.4 is 16.0 Å². The fourth-order valence-electron chi connectivity index (χ4n) is 3.56. The van der Waals surface area contributed by atoms with Crippen LogP contribution in [0.4, 0.5) is 0 Å². The van der Waals surface area contributed by atoms with Gasteiger partial charge < -0.3 is 9.30 Å². The van der Waals surface area contributed by atoms with Crippen LogP contribution in [0, 0.1) is 6.42 Å². The Morgan fingerprint density at radius 2 is 2.10 bits per heavy atom. The van der Waals surface area contributed by atoms with Crippen LogP contribution in [0.5, 0.6) is 5.75 Å². The molecule has 1 radical (unpaired) electrons. The summed E-state index contributed by atoms with van der Waals surface area (Å²) in [6.07, 6.45) is 4.78. The molecule has 0 fully saturated rings. The summed E-state index contributed by atoms with van der Waals surface area (Å²) >= 11 is 0. The first-order chi connectivity index (χ1) is 13.9. The van der Waals surface area contributed by atoms with E-state index in [1.54, 1.807) is 7.11 Å². The lowest BCUT2D eigenvalue weighted by Crippen LogP contribution is -2.33. The van der Waals surface area contributed by atoms with Gasteiger partial charge in [-0.15, -0.1) is 0 Å². The Morgan fingerprint density at radius 1 is 1.34 bits per heavy atom. The van der Waals surface area contributed by atoms with E-state index < -0.39 is 5.69 Å². The second kappa shape index (κ2) is 7.24. The van der Waals surface area contributed by atoms with Crippen LogP contribution in [0.1, 0.15) is 30.7 Å². The van der Waals surface area contributed by atoms with Gasteiger partial charge in [-0.05, 0) is 29.7 Å². The van der Waals surface area contributed by atoms with E-state index >= 15 is 0 Å². The Labute approximate surface area is 168 Å². The summed E-state index contributed by atoms with van der Waals surface area (Å²) in [6.45, 7) is 6.64. The van der Waals surface area contributed by atoms with Crippen molar-refractivity contribution < 1.29 is 4.74 Å². The van der Waals surface area contributed by atoms with E-state index in [0.29, 0.717) is 24.1 Å². The molecule has 1 N–H and O–H groups in total. The lowest BCUT2D eigenvalue weighted by Gasteiger charge is -2.15. The number of imidazole rings is 1. The molecular weight excluding hydrogens is 368 g/mol. The molecule has 0 bridgehead atoms. The van der Waals surface area contributed by atoms with Crippen LogP contribution in [0.25, 0.3) is 11.2 Å². The second-order valence-electron chi connectivity index (χ2n) is 7.40. The molecule has 0 amide bonds. The van der Waals surface area contributed by atoms with E-state index in [0.717, 1.165) is 32.9 Å². The largest absolute Gasteiger partial charge is 0.497 e. The molecule has 7 heteroatoms. The quantitative estimate of drug-likeness (QED) is 0.671. The first kappa shape index (κ1) is 19.0. The zero-order valence-electron chi connectivity index (χ0n) is 16.7. The lowest BCUT2D eigenvalue weighted by molar-refractivity contribution is 0.414. The molecule has 3 aromatic rings. The summed E-state index contributed by atoms with van der Waals surface area (Å²) in [5.41, 5.74) is 3.03. The molecular formula is C22H23N4O3. The van der Waals surface area contributed by atoms with Crippen LogP contribution in [0.2, 0.25) is 0 Å². The maximum Gasteiger partial charge on any atom is 0.329 e. The minimum absolute atomic E-state index is 0.0172. The summed E-state index contributed by atoms with van der Waals surface area (Å²) < 4.78 is 8.29. The number of aromatic amines is 1. The van der Waals surface area contributed by atoms with Gasteiger partial charge in [0.05, 0.1) is 7.11 Å². The van der Waals surface area contributed by atoms with E-state index in [2.05, 4.69) is 23.5 Å². The molecule has 2 heterocycles. The molecule has 1 aliphatic carbocycles. The number of nitrogens with one attached hydrogen (secondary N) is 1. The Morgan fingerprint density at radius 3 is 2.79 bits per heavy atom. The molecule has 0 saturated carbocycles. The van der Waals surface area contributed by atoms with Crippen LogP contribution >= 0.6 is 0 Å². The summed E-state index contributed by atoms with van der Waals surface area (Å²) in [6, 6.07) is 7.69. The highest BCUT2D eigenvalue weighted by Crippen LogP contribution is 2.33. The molecule has 29 heavy (non-hydrogen) atoms. The number of H-pyrrole nitrogens is 1. The Balaban J connectivity index is 1.84. The summed E-state index contributed by atoms with van der Waals surface area (Å²) in [5.74, 6) is 1.50. The zero-order chi connectivity index (χ0) is 20.7. The summed E-state index contributed by atoms with van der Waals surface area (Å²) in [4.78, 5) is 32.3. The first-order valence-electron chi connectivity index (χ1n) is 9.44. The van der Waals surface area contributed by atoms with Crippen LogP contribution in [0.3, 0.4) is 0 Å². The number of allylic oxidation sites excluding steroid dienone is 3. The van der Waals surface area contributed by atoms with Gasteiger partial charge >= 0.3 is 5.69 Å². The van der Waals surface area contributed by atoms with Gasteiger partial charge in [0.25, 0.3) is 5.56 Å². The fraction of sp³-hybridized carbons (Fsp3) is 0.273. The third kappa shape index (κ3) is 3.55. The molecule has 1 aliphatic rings. The smallest absolute Gasteiger partial charge is 0.329 e. The zero-order valence-corrected chi connectivity index (χ0v) is 16.7. The monoisotopic (exact) mass is 391 g/mol. The number of methoxy groups -OCH3 is 1. The highest BCUT2D eigenvalue weighted by Gasteiger charge is 2.23. The van der Waals surface area contributed by atoms with Crippen molar-refractivity contribution in [3.05, 3.63) is 86.7 Å². The predicted molar refractivity (Wildman–Crippen MR) is 112 cm³/mol. The molecule has 0 aliphatic heterocycles. The molecule has 7 nitrogen and oxygen atoms in total. The number of hydrogen-bond donors (Lipinski definition) is 1. The average molecular weight is 391 g/mol. The number of fused-ring (bicyclic) bond motifs is 1. The Kier molecular flexibility index (Phi) is 4.74. The average Bonchev–Trinajstić information content (AvgIpc) is 3.49. The molecule has 1 atom stereocenters. The lowest BCUT2D eigenvalue weighted by atomic mass is 9.99. The predicted octanol–water partition coefficient (Wildman–Crippen LogP) is 2.67. The van der Waals surface area contributed by atoms with E-state index in [4.69, 9.17) is 4.74 Å². The highest BCUT2D eigenvalue weighted by molar-refractivity contribution is 5.70.